The van der Waals surface area contributed by atoms with Crippen LogP contribution >= 0.6 is 0 Å². The van der Waals surface area contributed by atoms with Crippen LogP contribution in [-0.4, -0.2) is 23.0 Å². The van der Waals surface area contributed by atoms with Gasteiger partial charge in [0.25, 0.3) is 0 Å². The van der Waals surface area contributed by atoms with Gasteiger partial charge >= 0.3 is 0 Å². The molecule has 0 amide bonds. The van der Waals surface area contributed by atoms with Crippen LogP contribution in [0.2, 0.25) is 0 Å². The van der Waals surface area contributed by atoms with Crippen molar-refractivity contribution in [3.8, 4) is 0 Å². The Morgan fingerprint density at radius 3 is 2.20 bits per heavy atom. The molecule has 1 saturated carbocycles. The molecule has 2 aliphatic rings. The maximum atomic E-state index is 2.66. The molecule has 0 bridgehead atoms. The predicted octanol–water partition coefficient (Wildman–Crippen LogP) is 1.88. The summed E-state index contributed by atoms with van der Waals surface area (Å²) in [5, 5.41) is 0. The highest BCUT2D eigenvalue weighted by Crippen LogP contribution is 2.57. The van der Waals surface area contributed by atoms with E-state index in [0.717, 1.165) is 12.0 Å². The van der Waals surface area contributed by atoms with Crippen LogP contribution in [0.3, 0.4) is 0 Å². The van der Waals surface area contributed by atoms with Crippen LogP contribution in [0.1, 0.15) is 33.6 Å². The molecular formula is C9H17N. The zero-order valence-electron chi connectivity index (χ0n) is 7.22. The van der Waals surface area contributed by atoms with E-state index in [4.69, 9.17) is 0 Å². The summed E-state index contributed by atoms with van der Waals surface area (Å²) in [6.45, 7) is 8.36. The maximum Gasteiger partial charge on any atom is 0.0253 e. The van der Waals surface area contributed by atoms with Crippen LogP contribution in [0.5, 0.6) is 0 Å². The van der Waals surface area contributed by atoms with Gasteiger partial charge in [-0.15, -0.1) is 0 Å². The molecule has 0 aromatic carbocycles. The summed E-state index contributed by atoms with van der Waals surface area (Å²) < 4.78 is 0. The summed E-state index contributed by atoms with van der Waals surface area (Å²) in [5.41, 5.74) is 0.703. The molecular weight excluding hydrogens is 122 g/mol. The molecule has 2 fully saturated rings. The second-order valence-electron chi connectivity index (χ2n) is 4.25. The highest BCUT2D eigenvalue weighted by Gasteiger charge is 2.60. The highest BCUT2D eigenvalue weighted by molar-refractivity contribution is 5.16. The van der Waals surface area contributed by atoms with Crippen molar-refractivity contribution in [2.45, 2.75) is 45.2 Å². The van der Waals surface area contributed by atoms with Crippen molar-refractivity contribution in [1.29, 1.82) is 0 Å². The maximum absolute atomic E-state index is 2.66. The van der Waals surface area contributed by atoms with E-state index in [-0.39, 0.29) is 0 Å². The van der Waals surface area contributed by atoms with Crippen LogP contribution in [-0.2, 0) is 0 Å². The fourth-order valence-electron chi connectivity index (χ4n) is 2.52. The lowest BCUT2D eigenvalue weighted by atomic mass is 9.96. The van der Waals surface area contributed by atoms with Gasteiger partial charge in [-0.05, 0) is 32.6 Å². The average Bonchev–Trinajstić information content (AvgIpc) is 2.39. The molecule has 10 heavy (non-hydrogen) atoms. The molecule has 1 saturated heterocycles. The van der Waals surface area contributed by atoms with Crippen molar-refractivity contribution in [2.24, 2.45) is 5.92 Å². The minimum Gasteiger partial charge on any atom is -0.295 e. The van der Waals surface area contributed by atoms with Gasteiger partial charge in [-0.2, -0.15) is 0 Å². The third kappa shape index (κ3) is 0.619. The molecule has 2 rings (SSSR count). The second kappa shape index (κ2) is 1.76. The Kier molecular flexibility index (Phi) is 1.17. The number of nitrogens with zero attached hydrogens (tertiary/aromatic N) is 1. The van der Waals surface area contributed by atoms with E-state index in [1.54, 1.807) is 0 Å². The molecule has 1 heterocycles. The Balaban J connectivity index is 2.02. The lowest BCUT2D eigenvalue weighted by Gasteiger charge is -2.45. The molecule has 0 aromatic rings. The second-order valence-corrected chi connectivity index (χ2v) is 4.25. The van der Waals surface area contributed by atoms with E-state index in [9.17, 15) is 0 Å². The molecule has 58 valence electrons. The quantitative estimate of drug-likeness (QED) is 0.536. The summed E-state index contributed by atoms with van der Waals surface area (Å²) in [4.78, 5) is 2.66. The van der Waals surface area contributed by atoms with Gasteiger partial charge < -0.3 is 0 Å². The fraction of sp³-hybridized carbons (Fsp3) is 1.00. The molecule has 0 radical (unpaired) electrons. The number of likely N-dealkylation sites (tertiary alicyclic amines) is 1. The van der Waals surface area contributed by atoms with Crippen LogP contribution in [0.15, 0.2) is 0 Å². The summed E-state index contributed by atoms with van der Waals surface area (Å²) in [5.74, 6) is 0.989. The third-order valence-corrected chi connectivity index (χ3v) is 3.40. The van der Waals surface area contributed by atoms with Crippen molar-refractivity contribution in [1.82, 2.24) is 4.90 Å². The normalized spacial score (nSPS) is 46.2. The van der Waals surface area contributed by atoms with Gasteiger partial charge in [-0.3, -0.25) is 4.90 Å². The van der Waals surface area contributed by atoms with Gasteiger partial charge in [0.15, 0.2) is 0 Å². The predicted molar refractivity (Wildman–Crippen MR) is 43.0 cm³/mol. The minimum absolute atomic E-state index is 0.703. The fourth-order valence-corrected chi connectivity index (χ4v) is 2.52. The van der Waals surface area contributed by atoms with Crippen molar-refractivity contribution in [2.75, 3.05) is 6.54 Å². The van der Waals surface area contributed by atoms with Crippen LogP contribution in [0, 0.1) is 5.92 Å². The molecule has 1 aliphatic carbocycles. The van der Waals surface area contributed by atoms with Crippen molar-refractivity contribution in [3.63, 3.8) is 0 Å². The standard InChI is InChI=1S/C9H17N/c1-7(2)10-5-4-9(10)6-8(9)3/h7-8H,4-6H2,1-3H3/t8-,9?/m1/s1. The van der Waals surface area contributed by atoms with E-state index < -0.39 is 0 Å². The number of hydrogen-bond acceptors (Lipinski definition) is 1. The van der Waals surface area contributed by atoms with Gasteiger partial charge in [0, 0.05) is 18.1 Å². The number of hydrogen-bond donors (Lipinski definition) is 0. The Morgan fingerprint density at radius 1 is 1.50 bits per heavy atom. The Hall–Kier alpha value is -0.0400. The van der Waals surface area contributed by atoms with Gasteiger partial charge in [-0.1, -0.05) is 6.92 Å². The van der Waals surface area contributed by atoms with Crippen LogP contribution in [0.25, 0.3) is 0 Å². The lowest BCUT2D eigenvalue weighted by Crippen LogP contribution is -2.54. The molecule has 2 atom stereocenters. The Labute approximate surface area is 63.4 Å². The SMILES string of the molecule is CC(C)N1CCC12C[C@H]2C. The summed E-state index contributed by atoms with van der Waals surface area (Å²) >= 11 is 0. The first-order valence-electron chi connectivity index (χ1n) is 4.43. The lowest BCUT2D eigenvalue weighted by molar-refractivity contribution is 0.0264. The van der Waals surface area contributed by atoms with E-state index in [1.807, 2.05) is 0 Å². The zero-order valence-corrected chi connectivity index (χ0v) is 7.22. The zero-order chi connectivity index (χ0) is 7.35. The minimum atomic E-state index is 0.703. The molecule has 1 heteroatoms. The first-order valence-corrected chi connectivity index (χ1v) is 4.43. The Morgan fingerprint density at radius 2 is 2.10 bits per heavy atom. The molecule has 1 nitrogen and oxygen atoms in total. The highest BCUT2D eigenvalue weighted by atomic mass is 15.3. The van der Waals surface area contributed by atoms with Gasteiger partial charge in [-0.25, -0.2) is 0 Å². The first kappa shape index (κ1) is 6.66. The van der Waals surface area contributed by atoms with Crippen molar-refractivity contribution in [3.05, 3.63) is 0 Å². The topological polar surface area (TPSA) is 3.24 Å². The molecule has 1 aliphatic heterocycles. The van der Waals surface area contributed by atoms with E-state index in [0.29, 0.717) is 5.54 Å². The van der Waals surface area contributed by atoms with Crippen molar-refractivity contribution >= 4 is 0 Å². The van der Waals surface area contributed by atoms with Gasteiger partial charge in [0.05, 0.1) is 0 Å². The van der Waals surface area contributed by atoms with E-state index in [1.165, 1.54) is 19.4 Å². The van der Waals surface area contributed by atoms with E-state index in [2.05, 4.69) is 25.7 Å². The van der Waals surface area contributed by atoms with E-state index >= 15 is 0 Å². The monoisotopic (exact) mass is 139 g/mol. The molecule has 0 N–H and O–H groups in total. The smallest absolute Gasteiger partial charge is 0.0253 e. The summed E-state index contributed by atoms with van der Waals surface area (Å²) in [7, 11) is 0. The molecule has 0 aromatic heterocycles. The van der Waals surface area contributed by atoms with Crippen LogP contribution < -0.4 is 0 Å². The average molecular weight is 139 g/mol. The van der Waals surface area contributed by atoms with Crippen LogP contribution in [0.4, 0.5) is 0 Å². The first-order chi connectivity index (χ1) is 4.67. The third-order valence-electron chi connectivity index (χ3n) is 3.40. The largest absolute Gasteiger partial charge is 0.295 e. The molecule has 1 spiro atoms. The summed E-state index contributed by atoms with van der Waals surface area (Å²) in [6.07, 6.45) is 2.93. The molecule has 1 unspecified atom stereocenters. The van der Waals surface area contributed by atoms with Gasteiger partial charge in [0.2, 0.25) is 0 Å². The Bertz CT molecular complexity index is 149. The van der Waals surface area contributed by atoms with Gasteiger partial charge in [0.1, 0.15) is 0 Å². The number of rotatable bonds is 1. The van der Waals surface area contributed by atoms with Crippen molar-refractivity contribution < 1.29 is 0 Å². The summed E-state index contributed by atoms with van der Waals surface area (Å²) in [6, 6.07) is 0.777.